The minimum absolute atomic E-state index is 0.321. The van der Waals surface area contributed by atoms with E-state index in [9.17, 15) is 0 Å². The van der Waals surface area contributed by atoms with Crippen molar-refractivity contribution in [3.8, 4) is 0 Å². The first-order valence-electron chi connectivity index (χ1n) is 3.23. The zero-order valence-corrected chi connectivity index (χ0v) is 7.96. The fraction of sp³-hybridized carbons (Fsp3) is 0.333. The minimum Gasteiger partial charge on any atom is -0.0950 e. The van der Waals surface area contributed by atoms with Gasteiger partial charge in [-0.05, 0) is 44.6 Å². The van der Waals surface area contributed by atoms with Gasteiger partial charge in [0.2, 0.25) is 0 Å². The second-order valence-electron chi connectivity index (χ2n) is 2.54. The van der Waals surface area contributed by atoms with Crippen molar-refractivity contribution in [2.45, 2.75) is 20.8 Å². The molecule has 0 spiro atoms. The molecule has 0 saturated heterocycles. The van der Waals surface area contributed by atoms with Crippen LogP contribution in [0.3, 0.4) is 0 Å². The van der Waals surface area contributed by atoms with Gasteiger partial charge in [-0.1, -0.05) is 19.7 Å². The molecule has 0 rings (SSSR count). The lowest BCUT2D eigenvalue weighted by Crippen LogP contribution is -1.77. The van der Waals surface area contributed by atoms with Crippen molar-refractivity contribution in [1.29, 1.82) is 0 Å². The Morgan fingerprint density at radius 2 is 1.00 bits per heavy atom. The van der Waals surface area contributed by atoms with Crippen LogP contribution in [0.15, 0.2) is 35.7 Å². The lowest BCUT2D eigenvalue weighted by molar-refractivity contribution is 1.59. The summed E-state index contributed by atoms with van der Waals surface area (Å²) in [4.78, 5) is 0. The van der Waals surface area contributed by atoms with E-state index in [1.165, 1.54) is 15.9 Å². The quantitative estimate of drug-likeness (QED) is 0.537. The summed E-state index contributed by atoms with van der Waals surface area (Å²) in [5, 5.41) is 3.57. The van der Waals surface area contributed by atoms with Gasteiger partial charge in [-0.3, -0.25) is 0 Å². The maximum atomic E-state index is 3.91. The summed E-state index contributed by atoms with van der Waals surface area (Å²) in [6.07, 6.45) is 0. The fourth-order valence-electron chi connectivity index (χ4n) is 0.977. The first kappa shape index (κ1) is 9.65. The van der Waals surface area contributed by atoms with Crippen LogP contribution in [-0.2, 0) is 0 Å². The van der Waals surface area contributed by atoms with Crippen LogP contribution in [0.5, 0.6) is 0 Å². The van der Waals surface area contributed by atoms with Crippen molar-refractivity contribution in [1.82, 2.24) is 0 Å². The molecule has 56 valence electrons. The van der Waals surface area contributed by atoms with Gasteiger partial charge in [0.1, 0.15) is 0 Å². The Balaban J connectivity index is 4.43. The molecular weight excluding hydrogens is 139 g/mol. The van der Waals surface area contributed by atoms with Crippen molar-refractivity contribution in [3.63, 3.8) is 0 Å². The predicted molar refractivity (Wildman–Crippen MR) is 51.4 cm³/mol. The Bertz CT molecular complexity index is 144. The molecule has 0 nitrogen and oxygen atoms in total. The van der Waals surface area contributed by atoms with Crippen LogP contribution in [0, 0.1) is 0 Å². The van der Waals surface area contributed by atoms with Gasteiger partial charge in [0.05, 0.1) is 0 Å². The van der Waals surface area contributed by atoms with E-state index in [2.05, 4.69) is 19.7 Å². The standard InChI is InChI=1S/C9H15P/c1-7(2)10(8(3)4)9(5)6/h1,3,5H2,2,4,6H3. The number of allylic oxidation sites excluding steroid dienone is 3. The van der Waals surface area contributed by atoms with Crippen molar-refractivity contribution < 1.29 is 0 Å². The molecule has 0 aromatic heterocycles. The van der Waals surface area contributed by atoms with Crippen LogP contribution >= 0.6 is 7.92 Å². The Morgan fingerprint density at radius 1 is 0.800 bits per heavy atom. The van der Waals surface area contributed by atoms with Gasteiger partial charge in [-0.25, -0.2) is 0 Å². The van der Waals surface area contributed by atoms with Crippen LogP contribution in [0.4, 0.5) is 0 Å². The first-order chi connectivity index (χ1) is 4.46. The molecule has 0 atom stereocenters. The third-order valence-corrected chi connectivity index (χ3v) is 3.44. The van der Waals surface area contributed by atoms with Crippen molar-refractivity contribution >= 4 is 7.92 Å². The normalized spacial score (nSPS) is 9.60. The Kier molecular flexibility index (Phi) is 3.60. The van der Waals surface area contributed by atoms with Gasteiger partial charge in [0.25, 0.3) is 0 Å². The van der Waals surface area contributed by atoms with E-state index in [0.717, 1.165) is 0 Å². The molecule has 0 aliphatic carbocycles. The highest BCUT2D eigenvalue weighted by Crippen LogP contribution is 2.56. The van der Waals surface area contributed by atoms with Gasteiger partial charge in [-0.2, -0.15) is 0 Å². The summed E-state index contributed by atoms with van der Waals surface area (Å²) in [5.74, 6) is 0. The van der Waals surface area contributed by atoms with Crippen molar-refractivity contribution in [2.75, 3.05) is 0 Å². The third kappa shape index (κ3) is 2.49. The molecule has 0 radical (unpaired) electrons. The highest BCUT2D eigenvalue weighted by Gasteiger charge is 2.08. The largest absolute Gasteiger partial charge is 0.0950 e. The Hall–Kier alpha value is -0.350. The molecule has 0 N–H and O–H groups in total. The molecule has 0 saturated carbocycles. The molecule has 0 fully saturated rings. The van der Waals surface area contributed by atoms with Crippen molar-refractivity contribution in [3.05, 3.63) is 35.7 Å². The molecule has 0 aliphatic rings. The Labute approximate surface area is 65.1 Å². The molecule has 0 amide bonds. The van der Waals surface area contributed by atoms with E-state index in [4.69, 9.17) is 0 Å². The lowest BCUT2D eigenvalue weighted by Gasteiger charge is -2.16. The molecule has 0 heterocycles. The SMILES string of the molecule is C=C(C)P(C(=C)C)C(=C)C. The van der Waals surface area contributed by atoms with Crippen LogP contribution in [0.1, 0.15) is 20.8 Å². The maximum Gasteiger partial charge on any atom is -0.0286 e. The average molecular weight is 154 g/mol. The fourth-order valence-corrected chi connectivity index (χ4v) is 2.93. The molecule has 10 heavy (non-hydrogen) atoms. The van der Waals surface area contributed by atoms with Gasteiger partial charge in [0, 0.05) is 0 Å². The summed E-state index contributed by atoms with van der Waals surface area (Å²) in [7, 11) is -0.321. The van der Waals surface area contributed by atoms with Gasteiger partial charge < -0.3 is 0 Å². The molecular formula is C9H15P. The number of rotatable bonds is 3. The van der Waals surface area contributed by atoms with E-state index >= 15 is 0 Å². The number of hydrogen-bond acceptors (Lipinski definition) is 0. The Morgan fingerprint density at radius 3 is 1.00 bits per heavy atom. The molecule has 0 bridgehead atoms. The molecule has 0 aromatic carbocycles. The summed E-state index contributed by atoms with van der Waals surface area (Å²) in [6.45, 7) is 17.8. The zero-order valence-electron chi connectivity index (χ0n) is 7.07. The summed E-state index contributed by atoms with van der Waals surface area (Å²) in [6, 6.07) is 0. The van der Waals surface area contributed by atoms with Crippen LogP contribution in [0.25, 0.3) is 0 Å². The van der Waals surface area contributed by atoms with E-state index in [1.54, 1.807) is 0 Å². The number of hydrogen-bond donors (Lipinski definition) is 0. The topological polar surface area (TPSA) is 0 Å². The van der Waals surface area contributed by atoms with Gasteiger partial charge >= 0.3 is 0 Å². The predicted octanol–water partition coefficient (Wildman–Crippen LogP) is 4.07. The van der Waals surface area contributed by atoms with E-state index in [1.807, 2.05) is 20.8 Å². The summed E-state index contributed by atoms with van der Waals surface area (Å²) in [5.41, 5.74) is 0. The summed E-state index contributed by atoms with van der Waals surface area (Å²) < 4.78 is 0. The lowest BCUT2D eigenvalue weighted by atomic mass is 10.7. The molecule has 0 unspecified atom stereocenters. The molecule has 0 aliphatic heterocycles. The maximum absolute atomic E-state index is 3.91. The minimum atomic E-state index is -0.321. The molecule has 1 heteroatoms. The molecule has 0 aromatic rings. The van der Waals surface area contributed by atoms with Crippen molar-refractivity contribution in [2.24, 2.45) is 0 Å². The van der Waals surface area contributed by atoms with Crippen LogP contribution < -0.4 is 0 Å². The third-order valence-electron chi connectivity index (χ3n) is 1.15. The van der Waals surface area contributed by atoms with Gasteiger partial charge in [0.15, 0.2) is 0 Å². The average Bonchev–Trinajstić information content (AvgIpc) is 1.59. The van der Waals surface area contributed by atoms with Crippen LogP contribution in [-0.4, -0.2) is 0 Å². The van der Waals surface area contributed by atoms with E-state index in [-0.39, 0.29) is 7.92 Å². The van der Waals surface area contributed by atoms with E-state index in [0.29, 0.717) is 0 Å². The monoisotopic (exact) mass is 154 g/mol. The summed E-state index contributed by atoms with van der Waals surface area (Å²) >= 11 is 0. The smallest absolute Gasteiger partial charge is 0.0286 e. The highest BCUT2D eigenvalue weighted by molar-refractivity contribution is 7.70. The highest BCUT2D eigenvalue weighted by atomic mass is 31.1. The second kappa shape index (κ2) is 3.73. The van der Waals surface area contributed by atoms with Crippen LogP contribution in [0.2, 0.25) is 0 Å². The first-order valence-corrected chi connectivity index (χ1v) is 4.57. The van der Waals surface area contributed by atoms with E-state index < -0.39 is 0 Å². The van der Waals surface area contributed by atoms with Gasteiger partial charge in [-0.15, -0.1) is 0 Å². The second-order valence-corrected chi connectivity index (χ2v) is 5.50. The zero-order chi connectivity index (χ0) is 8.31.